The van der Waals surface area contributed by atoms with Crippen molar-refractivity contribution in [2.75, 3.05) is 11.9 Å². The number of carboxylic acids is 1. The Hall–Kier alpha value is -1.65. The Morgan fingerprint density at radius 1 is 1.67 bits per heavy atom. The van der Waals surface area contributed by atoms with Crippen LogP contribution in [-0.2, 0) is 4.79 Å². The number of nitrogens with zero attached hydrogens (tertiary/aromatic N) is 1. The molecule has 0 spiro atoms. The van der Waals surface area contributed by atoms with Crippen LogP contribution in [0, 0.1) is 5.82 Å². The van der Waals surface area contributed by atoms with E-state index in [9.17, 15) is 9.18 Å². The van der Waals surface area contributed by atoms with Crippen molar-refractivity contribution in [3.8, 4) is 0 Å². The van der Waals surface area contributed by atoms with Crippen molar-refractivity contribution in [1.29, 1.82) is 0 Å². The van der Waals surface area contributed by atoms with Gasteiger partial charge in [-0.15, -0.1) is 0 Å². The number of pyridine rings is 1. The molecule has 0 atom stereocenters. The quantitative estimate of drug-likeness (QED) is 0.701. The third-order valence-corrected chi connectivity index (χ3v) is 1.15. The lowest BCUT2D eigenvalue weighted by Gasteiger charge is -2.00. The first-order valence-electron chi connectivity index (χ1n) is 3.24. The molecule has 1 rings (SSSR count). The summed E-state index contributed by atoms with van der Waals surface area (Å²) in [5.74, 6) is -1.50. The van der Waals surface area contributed by atoms with Crippen molar-refractivity contribution in [1.82, 2.24) is 4.98 Å². The molecule has 12 heavy (non-hydrogen) atoms. The molecule has 1 aromatic heterocycles. The minimum atomic E-state index is -1.00. The van der Waals surface area contributed by atoms with Gasteiger partial charge in [0.15, 0.2) is 0 Å². The van der Waals surface area contributed by atoms with Gasteiger partial charge in [-0.05, 0) is 0 Å². The second kappa shape index (κ2) is 3.66. The van der Waals surface area contributed by atoms with Gasteiger partial charge in [0, 0.05) is 6.07 Å². The molecular formula is C7H7FN2O2. The lowest BCUT2D eigenvalue weighted by molar-refractivity contribution is -0.134. The van der Waals surface area contributed by atoms with Crippen molar-refractivity contribution in [2.24, 2.45) is 0 Å². The molecular weight excluding hydrogens is 163 g/mol. The number of aliphatic carboxylic acids is 1. The average Bonchev–Trinajstić information content (AvgIpc) is 2.01. The SMILES string of the molecule is O=C(O)CNc1cncc(F)c1. The maximum absolute atomic E-state index is 12.4. The highest BCUT2D eigenvalue weighted by atomic mass is 19.1. The van der Waals surface area contributed by atoms with Gasteiger partial charge in [0.1, 0.15) is 12.4 Å². The fraction of sp³-hybridized carbons (Fsp3) is 0.143. The second-order valence-electron chi connectivity index (χ2n) is 2.14. The van der Waals surface area contributed by atoms with Crippen molar-refractivity contribution < 1.29 is 14.3 Å². The number of halogens is 1. The van der Waals surface area contributed by atoms with Crippen LogP contribution in [0.4, 0.5) is 10.1 Å². The van der Waals surface area contributed by atoms with Crippen LogP contribution >= 0.6 is 0 Å². The topological polar surface area (TPSA) is 62.2 Å². The summed E-state index contributed by atoms with van der Waals surface area (Å²) in [4.78, 5) is 13.6. The molecule has 0 aliphatic heterocycles. The Labute approximate surface area is 68.1 Å². The van der Waals surface area contributed by atoms with Gasteiger partial charge >= 0.3 is 5.97 Å². The zero-order valence-corrected chi connectivity index (χ0v) is 6.12. The Kier molecular flexibility index (Phi) is 2.57. The number of nitrogens with one attached hydrogen (secondary N) is 1. The number of hydrogen-bond acceptors (Lipinski definition) is 3. The van der Waals surface area contributed by atoms with E-state index >= 15 is 0 Å². The number of rotatable bonds is 3. The van der Waals surface area contributed by atoms with E-state index in [2.05, 4.69) is 10.3 Å². The minimum absolute atomic E-state index is 0.245. The van der Waals surface area contributed by atoms with Gasteiger partial charge < -0.3 is 10.4 Å². The number of carbonyl (C=O) groups is 1. The largest absolute Gasteiger partial charge is 0.480 e. The van der Waals surface area contributed by atoms with Crippen LogP contribution in [0.3, 0.4) is 0 Å². The molecule has 0 unspecified atom stereocenters. The summed E-state index contributed by atoms with van der Waals surface area (Å²) in [5, 5.41) is 10.8. The van der Waals surface area contributed by atoms with Gasteiger partial charge in [0.2, 0.25) is 0 Å². The fourth-order valence-electron chi connectivity index (χ4n) is 0.686. The molecule has 5 heteroatoms. The third kappa shape index (κ3) is 2.53. The first kappa shape index (κ1) is 8.45. The summed E-state index contributed by atoms with van der Waals surface area (Å²) in [6.45, 7) is -0.245. The summed E-state index contributed by atoms with van der Waals surface area (Å²) >= 11 is 0. The molecule has 2 N–H and O–H groups in total. The maximum Gasteiger partial charge on any atom is 0.322 e. The van der Waals surface area contributed by atoms with Crippen molar-refractivity contribution >= 4 is 11.7 Å². The predicted octanol–water partition coefficient (Wildman–Crippen LogP) is 0.717. The molecule has 64 valence electrons. The predicted molar refractivity (Wildman–Crippen MR) is 40.3 cm³/mol. The lowest BCUT2D eigenvalue weighted by Crippen LogP contribution is -2.12. The van der Waals surface area contributed by atoms with Crippen LogP contribution < -0.4 is 5.32 Å². The summed E-state index contributed by atoms with van der Waals surface area (Å²) in [6, 6.07) is 1.18. The molecule has 0 fully saturated rings. The highest BCUT2D eigenvalue weighted by molar-refractivity contribution is 5.72. The fourth-order valence-corrected chi connectivity index (χ4v) is 0.686. The van der Waals surface area contributed by atoms with Crippen molar-refractivity contribution in [3.63, 3.8) is 0 Å². The van der Waals surface area contributed by atoms with E-state index in [-0.39, 0.29) is 6.54 Å². The van der Waals surface area contributed by atoms with Gasteiger partial charge in [-0.25, -0.2) is 4.39 Å². The highest BCUT2D eigenvalue weighted by Gasteiger charge is 1.97. The summed E-state index contributed by atoms with van der Waals surface area (Å²) in [5.41, 5.74) is 0.359. The van der Waals surface area contributed by atoms with Crippen LogP contribution in [0.1, 0.15) is 0 Å². The molecule has 0 aliphatic carbocycles. The van der Waals surface area contributed by atoms with E-state index < -0.39 is 11.8 Å². The zero-order chi connectivity index (χ0) is 8.97. The Bertz CT molecular complexity index is 290. The summed E-state index contributed by atoms with van der Waals surface area (Å²) in [7, 11) is 0. The second-order valence-corrected chi connectivity index (χ2v) is 2.14. The van der Waals surface area contributed by atoms with Gasteiger partial charge in [-0.3, -0.25) is 9.78 Å². The number of aromatic nitrogens is 1. The van der Waals surface area contributed by atoms with Crippen LogP contribution in [-0.4, -0.2) is 22.6 Å². The van der Waals surface area contributed by atoms with Crippen LogP contribution in [0.15, 0.2) is 18.5 Å². The highest BCUT2D eigenvalue weighted by Crippen LogP contribution is 2.05. The first-order chi connectivity index (χ1) is 5.68. The molecule has 0 amide bonds. The standard InChI is InChI=1S/C7H7FN2O2/c8-5-1-6(3-9-2-5)10-4-7(11)12/h1-3,10H,4H2,(H,11,12). The van der Waals surface area contributed by atoms with Crippen LogP contribution in [0.2, 0.25) is 0 Å². The van der Waals surface area contributed by atoms with Crippen LogP contribution in [0.5, 0.6) is 0 Å². The minimum Gasteiger partial charge on any atom is -0.480 e. The van der Waals surface area contributed by atoms with E-state index in [1.807, 2.05) is 0 Å². The van der Waals surface area contributed by atoms with Crippen molar-refractivity contribution in [2.45, 2.75) is 0 Å². The van der Waals surface area contributed by atoms with E-state index in [4.69, 9.17) is 5.11 Å². The molecule has 1 aromatic rings. The molecule has 0 saturated carbocycles. The third-order valence-electron chi connectivity index (χ3n) is 1.15. The number of anilines is 1. The smallest absolute Gasteiger partial charge is 0.322 e. The van der Waals surface area contributed by atoms with Gasteiger partial charge in [0.05, 0.1) is 18.1 Å². The van der Waals surface area contributed by atoms with Crippen molar-refractivity contribution in [3.05, 3.63) is 24.3 Å². The molecule has 4 nitrogen and oxygen atoms in total. The Morgan fingerprint density at radius 3 is 3.00 bits per heavy atom. The molecule has 0 aromatic carbocycles. The monoisotopic (exact) mass is 170 g/mol. The Balaban J connectivity index is 2.57. The van der Waals surface area contributed by atoms with Gasteiger partial charge in [0.25, 0.3) is 0 Å². The zero-order valence-electron chi connectivity index (χ0n) is 6.12. The molecule has 0 radical (unpaired) electrons. The maximum atomic E-state index is 12.4. The van der Waals surface area contributed by atoms with Gasteiger partial charge in [-0.2, -0.15) is 0 Å². The normalized spacial score (nSPS) is 9.42. The van der Waals surface area contributed by atoms with E-state index in [0.717, 1.165) is 6.20 Å². The first-order valence-corrected chi connectivity index (χ1v) is 3.24. The molecule has 0 saturated heterocycles. The summed E-state index contributed by atoms with van der Waals surface area (Å²) in [6.07, 6.45) is 2.40. The lowest BCUT2D eigenvalue weighted by atomic mass is 10.4. The van der Waals surface area contributed by atoms with E-state index in [1.165, 1.54) is 12.3 Å². The molecule has 0 aliphatic rings. The van der Waals surface area contributed by atoms with Gasteiger partial charge in [-0.1, -0.05) is 0 Å². The Morgan fingerprint density at radius 2 is 2.42 bits per heavy atom. The van der Waals surface area contributed by atoms with E-state index in [1.54, 1.807) is 0 Å². The summed E-state index contributed by atoms with van der Waals surface area (Å²) < 4.78 is 12.4. The number of carboxylic acid groups (broad SMARTS) is 1. The number of hydrogen-bond donors (Lipinski definition) is 2. The van der Waals surface area contributed by atoms with Crippen LogP contribution in [0.25, 0.3) is 0 Å². The average molecular weight is 170 g/mol. The molecule has 1 heterocycles. The molecule has 0 bridgehead atoms. The van der Waals surface area contributed by atoms with E-state index in [0.29, 0.717) is 5.69 Å².